The molecule has 2 aromatic carbocycles. The van der Waals surface area contributed by atoms with Crippen LogP contribution in [-0.2, 0) is 14.3 Å². The predicted molar refractivity (Wildman–Crippen MR) is 112 cm³/mol. The highest BCUT2D eigenvalue weighted by Gasteiger charge is 2.35. The lowest BCUT2D eigenvalue weighted by atomic mass is 10.1. The predicted octanol–water partition coefficient (Wildman–Crippen LogP) is 3.86. The largest absolute Gasteiger partial charge is 0.459 e. The number of carbonyl (C=O) groups is 3. The Labute approximate surface area is 170 Å². The number of hydrogen-bond acceptors (Lipinski definition) is 4. The Kier molecular flexibility index (Phi) is 6.01. The fraction of sp³-hybridized carbons (Fsp3) is 0.348. The van der Waals surface area contributed by atoms with Crippen LogP contribution in [0.4, 0.5) is 11.4 Å². The van der Waals surface area contributed by atoms with Crippen molar-refractivity contribution >= 4 is 29.2 Å². The van der Waals surface area contributed by atoms with E-state index in [0.29, 0.717) is 17.8 Å². The molecule has 0 saturated carbocycles. The van der Waals surface area contributed by atoms with E-state index in [-0.39, 0.29) is 24.3 Å². The number of ether oxygens (including phenoxy) is 1. The standard InChI is InChI=1S/C23H26N2O4/c1-14(2)29-23(28)17-5-7-19(8-6-17)24-22(27)18-12-21(26)25(13-18)20-10-15(3)9-16(4)11-20/h5-11,14,18H,12-13H2,1-4H3,(H,24,27)/t18-/m1/s1. The highest BCUT2D eigenvalue weighted by atomic mass is 16.5. The number of nitrogens with zero attached hydrogens (tertiary/aromatic N) is 1. The number of amides is 2. The summed E-state index contributed by atoms with van der Waals surface area (Å²) in [5.74, 6) is -1.08. The third-order valence-electron chi connectivity index (χ3n) is 4.74. The topological polar surface area (TPSA) is 75.7 Å². The van der Waals surface area contributed by atoms with Gasteiger partial charge in [0.1, 0.15) is 0 Å². The van der Waals surface area contributed by atoms with Gasteiger partial charge in [-0.3, -0.25) is 9.59 Å². The second-order valence-corrected chi connectivity index (χ2v) is 7.77. The summed E-state index contributed by atoms with van der Waals surface area (Å²) in [7, 11) is 0. The van der Waals surface area contributed by atoms with Gasteiger partial charge in [0.05, 0.1) is 17.6 Å². The maximum atomic E-state index is 12.7. The van der Waals surface area contributed by atoms with E-state index in [4.69, 9.17) is 4.74 Å². The molecule has 3 rings (SSSR count). The lowest BCUT2D eigenvalue weighted by molar-refractivity contribution is -0.122. The first kappa shape index (κ1) is 20.6. The first-order valence-electron chi connectivity index (χ1n) is 9.73. The van der Waals surface area contributed by atoms with E-state index in [0.717, 1.165) is 16.8 Å². The van der Waals surface area contributed by atoms with Gasteiger partial charge in [-0.15, -0.1) is 0 Å². The van der Waals surface area contributed by atoms with E-state index < -0.39 is 11.9 Å². The van der Waals surface area contributed by atoms with Crippen molar-refractivity contribution in [2.45, 2.75) is 40.2 Å². The highest BCUT2D eigenvalue weighted by Crippen LogP contribution is 2.27. The van der Waals surface area contributed by atoms with Crippen LogP contribution in [0.5, 0.6) is 0 Å². The summed E-state index contributed by atoms with van der Waals surface area (Å²) in [5, 5.41) is 2.84. The summed E-state index contributed by atoms with van der Waals surface area (Å²) in [6, 6.07) is 12.5. The highest BCUT2D eigenvalue weighted by molar-refractivity contribution is 6.03. The van der Waals surface area contributed by atoms with Gasteiger partial charge in [-0.05, 0) is 75.2 Å². The zero-order chi connectivity index (χ0) is 21.1. The van der Waals surface area contributed by atoms with Crippen molar-refractivity contribution in [2.75, 3.05) is 16.8 Å². The number of rotatable bonds is 5. The molecule has 1 fully saturated rings. The van der Waals surface area contributed by atoms with Gasteiger partial charge in [0.2, 0.25) is 11.8 Å². The maximum absolute atomic E-state index is 12.7. The monoisotopic (exact) mass is 394 g/mol. The number of carbonyl (C=O) groups excluding carboxylic acids is 3. The van der Waals surface area contributed by atoms with Gasteiger partial charge in [0.25, 0.3) is 0 Å². The fourth-order valence-corrected chi connectivity index (χ4v) is 3.46. The first-order chi connectivity index (χ1) is 13.7. The van der Waals surface area contributed by atoms with Gasteiger partial charge in [-0.2, -0.15) is 0 Å². The molecule has 0 spiro atoms. The molecule has 1 saturated heterocycles. The summed E-state index contributed by atoms with van der Waals surface area (Å²) in [4.78, 5) is 38.7. The summed E-state index contributed by atoms with van der Waals surface area (Å²) in [6.07, 6.45) is -0.0145. The molecular formula is C23H26N2O4. The molecule has 1 N–H and O–H groups in total. The Balaban J connectivity index is 1.64. The molecule has 0 unspecified atom stereocenters. The van der Waals surface area contributed by atoms with Crippen LogP contribution in [-0.4, -0.2) is 30.4 Å². The lowest BCUT2D eigenvalue weighted by Gasteiger charge is -2.18. The van der Waals surface area contributed by atoms with Crippen molar-refractivity contribution in [3.05, 3.63) is 59.2 Å². The van der Waals surface area contributed by atoms with Crippen LogP contribution in [0.3, 0.4) is 0 Å². The Morgan fingerprint density at radius 3 is 2.28 bits per heavy atom. The molecule has 0 bridgehead atoms. The van der Waals surface area contributed by atoms with E-state index in [9.17, 15) is 14.4 Å². The van der Waals surface area contributed by atoms with Crippen LogP contribution in [0, 0.1) is 19.8 Å². The molecule has 1 atom stereocenters. The molecule has 6 nitrogen and oxygen atoms in total. The van der Waals surface area contributed by atoms with Crippen LogP contribution in [0.2, 0.25) is 0 Å². The Hall–Kier alpha value is -3.15. The van der Waals surface area contributed by atoms with Gasteiger partial charge in [-0.1, -0.05) is 6.07 Å². The van der Waals surface area contributed by atoms with Crippen LogP contribution in [0.1, 0.15) is 41.8 Å². The van der Waals surface area contributed by atoms with Gasteiger partial charge in [0.15, 0.2) is 0 Å². The Morgan fingerprint density at radius 1 is 1.07 bits per heavy atom. The minimum Gasteiger partial charge on any atom is -0.459 e. The average molecular weight is 394 g/mol. The number of aryl methyl sites for hydroxylation is 2. The number of esters is 1. The molecule has 29 heavy (non-hydrogen) atoms. The molecule has 2 amide bonds. The number of anilines is 2. The molecule has 1 aliphatic heterocycles. The quantitative estimate of drug-likeness (QED) is 0.782. The molecular weight excluding hydrogens is 368 g/mol. The van der Waals surface area contributed by atoms with Gasteiger partial charge in [-0.25, -0.2) is 4.79 Å². The van der Waals surface area contributed by atoms with E-state index in [1.165, 1.54) is 0 Å². The van der Waals surface area contributed by atoms with Crippen LogP contribution in [0.25, 0.3) is 0 Å². The summed E-state index contributed by atoms with van der Waals surface area (Å²) in [6.45, 7) is 7.91. The molecule has 152 valence electrons. The number of nitrogens with one attached hydrogen (secondary N) is 1. The van der Waals surface area contributed by atoms with E-state index in [2.05, 4.69) is 11.4 Å². The van der Waals surface area contributed by atoms with Crippen molar-refractivity contribution in [3.8, 4) is 0 Å². The average Bonchev–Trinajstić information content (AvgIpc) is 3.03. The number of hydrogen-bond donors (Lipinski definition) is 1. The molecule has 6 heteroatoms. The molecule has 0 radical (unpaired) electrons. The first-order valence-corrected chi connectivity index (χ1v) is 9.73. The fourth-order valence-electron chi connectivity index (χ4n) is 3.46. The second-order valence-electron chi connectivity index (χ2n) is 7.77. The summed E-state index contributed by atoms with van der Waals surface area (Å²) >= 11 is 0. The van der Waals surface area contributed by atoms with Crippen molar-refractivity contribution in [1.29, 1.82) is 0 Å². The number of benzene rings is 2. The zero-order valence-electron chi connectivity index (χ0n) is 17.2. The molecule has 1 aliphatic rings. The van der Waals surface area contributed by atoms with Crippen molar-refractivity contribution in [1.82, 2.24) is 0 Å². The molecule has 2 aromatic rings. The Bertz CT molecular complexity index is 914. The van der Waals surface area contributed by atoms with Crippen LogP contribution < -0.4 is 10.2 Å². The Morgan fingerprint density at radius 2 is 1.69 bits per heavy atom. The zero-order valence-corrected chi connectivity index (χ0v) is 17.2. The maximum Gasteiger partial charge on any atom is 0.338 e. The van der Waals surface area contributed by atoms with Crippen molar-refractivity contribution in [3.63, 3.8) is 0 Å². The van der Waals surface area contributed by atoms with Gasteiger partial charge < -0.3 is 15.0 Å². The lowest BCUT2D eigenvalue weighted by Crippen LogP contribution is -2.28. The minimum absolute atomic E-state index is 0.0538. The summed E-state index contributed by atoms with van der Waals surface area (Å²) < 4.78 is 5.15. The third-order valence-corrected chi connectivity index (χ3v) is 4.74. The normalized spacial score (nSPS) is 16.2. The van der Waals surface area contributed by atoms with Gasteiger partial charge in [0, 0.05) is 24.3 Å². The van der Waals surface area contributed by atoms with Crippen molar-refractivity contribution in [2.24, 2.45) is 5.92 Å². The molecule has 0 aromatic heterocycles. The molecule has 1 heterocycles. The van der Waals surface area contributed by atoms with Crippen LogP contribution in [0.15, 0.2) is 42.5 Å². The van der Waals surface area contributed by atoms with Crippen LogP contribution >= 0.6 is 0 Å². The smallest absolute Gasteiger partial charge is 0.338 e. The van der Waals surface area contributed by atoms with Gasteiger partial charge >= 0.3 is 5.97 Å². The molecule has 0 aliphatic carbocycles. The summed E-state index contributed by atoms with van der Waals surface area (Å²) in [5.41, 5.74) is 3.99. The minimum atomic E-state index is -0.422. The van der Waals surface area contributed by atoms with E-state index in [1.807, 2.05) is 26.0 Å². The van der Waals surface area contributed by atoms with Crippen molar-refractivity contribution < 1.29 is 19.1 Å². The second kappa shape index (κ2) is 8.47. The third kappa shape index (κ3) is 5.02. The van der Waals surface area contributed by atoms with E-state index in [1.54, 1.807) is 43.0 Å². The van der Waals surface area contributed by atoms with E-state index >= 15 is 0 Å². The SMILES string of the molecule is Cc1cc(C)cc(N2C[C@H](C(=O)Nc3ccc(C(=O)OC(C)C)cc3)CC2=O)c1.